The lowest BCUT2D eigenvalue weighted by atomic mass is 10.1. The van der Waals surface area contributed by atoms with Crippen LogP contribution in [0.1, 0.15) is 5.56 Å². The maximum Gasteiger partial charge on any atom is 0.323 e. The number of hydrogen-bond donors (Lipinski definition) is 1. The SMILES string of the molecule is O=C(O)CN1C(=O)C(=Cc2cc([N+](=O)[O-])ccc2N2CCOCC2)SC1=S. The van der Waals surface area contributed by atoms with Gasteiger partial charge in [-0.05, 0) is 12.1 Å². The molecule has 1 amide bonds. The lowest BCUT2D eigenvalue weighted by Gasteiger charge is -2.30. The molecule has 1 aromatic carbocycles. The van der Waals surface area contributed by atoms with Crippen LogP contribution in [0.3, 0.4) is 0 Å². The van der Waals surface area contributed by atoms with E-state index in [0.717, 1.165) is 22.3 Å². The van der Waals surface area contributed by atoms with E-state index in [9.17, 15) is 19.7 Å². The summed E-state index contributed by atoms with van der Waals surface area (Å²) in [6.45, 7) is 1.80. The molecule has 9 nitrogen and oxygen atoms in total. The molecule has 0 aromatic heterocycles. The number of thioether (sulfide) groups is 1. The largest absolute Gasteiger partial charge is 0.480 e. The van der Waals surface area contributed by atoms with Gasteiger partial charge in [-0.1, -0.05) is 24.0 Å². The van der Waals surface area contributed by atoms with Crippen LogP contribution >= 0.6 is 24.0 Å². The van der Waals surface area contributed by atoms with E-state index in [1.54, 1.807) is 6.07 Å². The van der Waals surface area contributed by atoms with Gasteiger partial charge in [-0.3, -0.25) is 24.6 Å². The summed E-state index contributed by atoms with van der Waals surface area (Å²) >= 11 is 6.06. The number of carboxylic acids is 1. The second-order valence-electron chi connectivity index (χ2n) is 5.76. The van der Waals surface area contributed by atoms with Crippen molar-refractivity contribution in [2.24, 2.45) is 0 Å². The van der Waals surface area contributed by atoms with Crippen LogP contribution in [-0.4, -0.2) is 64.0 Å². The third kappa shape index (κ3) is 4.26. The molecule has 1 N–H and O–H groups in total. The van der Waals surface area contributed by atoms with Crippen LogP contribution in [0.15, 0.2) is 23.1 Å². The Balaban J connectivity index is 1.98. The Morgan fingerprint density at radius 1 is 1.41 bits per heavy atom. The zero-order chi connectivity index (χ0) is 19.6. The second kappa shape index (κ2) is 8.03. The summed E-state index contributed by atoms with van der Waals surface area (Å²) < 4.78 is 5.48. The maximum absolute atomic E-state index is 12.5. The number of carboxylic acid groups (broad SMARTS) is 1. The Morgan fingerprint density at radius 3 is 2.74 bits per heavy atom. The molecule has 1 aromatic rings. The van der Waals surface area contributed by atoms with Crippen molar-refractivity contribution < 1.29 is 24.4 Å². The number of ether oxygens (including phenoxy) is 1. The van der Waals surface area contributed by atoms with Crippen LogP contribution in [0, 0.1) is 10.1 Å². The zero-order valence-electron chi connectivity index (χ0n) is 14.0. The van der Waals surface area contributed by atoms with Gasteiger partial charge < -0.3 is 14.7 Å². The summed E-state index contributed by atoms with van der Waals surface area (Å²) in [5.74, 6) is -1.69. The Morgan fingerprint density at radius 2 is 2.11 bits per heavy atom. The standard InChI is InChI=1S/C16H15N3O6S2/c20-14(21)9-18-15(22)13(27-16(18)26)8-10-7-11(19(23)24)1-2-12(10)17-3-5-25-6-4-17/h1-2,7-8H,3-6,9H2,(H,20,21). The van der Waals surface area contributed by atoms with Crippen LogP contribution in [0.25, 0.3) is 6.08 Å². The van der Waals surface area contributed by atoms with Gasteiger partial charge in [0, 0.05) is 36.5 Å². The number of amides is 1. The molecule has 2 aliphatic rings. The van der Waals surface area contributed by atoms with Crippen LogP contribution in [0.4, 0.5) is 11.4 Å². The van der Waals surface area contributed by atoms with Gasteiger partial charge in [0.1, 0.15) is 10.9 Å². The minimum atomic E-state index is -1.17. The highest BCUT2D eigenvalue weighted by atomic mass is 32.2. The molecule has 0 spiro atoms. The number of nitro groups is 1. The molecule has 27 heavy (non-hydrogen) atoms. The molecule has 2 aliphatic heterocycles. The van der Waals surface area contributed by atoms with Crippen molar-refractivity contribution in [2.75, 3.05) is 37.7 Å². The number of non-ortho nitro benzene ring substituents is 1. The number of aliphatic carboxylic acids is 1. The van der Waals surface area contributed by atoms with Gasteiger partial charge in [0.15, 0.2) is 0 Å². The lowest BCUT2D eigenvalue weighted by molar-refractivity contribution is -0.384. The lowest BCUT2D eigenvalue weighted by Crippen LogP contribution is -2.36. The molecule has 2 heterocycles. The smallest absolute Gasteiger partial charge is 0.323 e. The van der Waals surface area contributed by atoms with Crippen LogP contribution in [-0.2, 0) is 14.3 Å². The van der Waals surface area contributed by atoms with E-state index in [2.05, 4.69) is 0 Å². The molecule has 142 valence electrons. The van der Waals surface area contributed by atoms with Crippen molar-refractivity contribution in [1.82, 2.24) is 4.90 Å². The van der Waals surface area contributed by atoms with Crippen molar-refractivity contribution in [3.8, 4) is 0 Å². The number of nitro benzene ring substituents is 1. The number of hydrogen-bond acceptors (Lipinski definition) is 8. The highest BCUT2D eigenvalue weighted by Crippen LogP contribution is 2.35. The van der Waals surface area contributed by atoms with Crippen LogP contribution in [0.2, 0.25) is 0 Å². The Labute approximate surface area is 163 Å². The highest BCUT2D eigenvalue weighted by Gasteiger charge is 2.33. The first-order chi connectivity index (χ1) is 12.9. The van der Waals surface area contributed by atoms with Crippen LogP contribution < -0.4 is 4.90 Å². The summed E-state index contributed by atoms with van der Waals surface area (Å²) in [6, 6.07) is 4.46. The summed E-state index contributed by atoms with van der Waals surface area (Å²) in [6.07, 6.45) is 1.53. The first kappa shape index (κ1) is 19.3. The van der Waals surface area contributed by atoms with E-state index in [1.165, 1.54) is 18.2 Å². The van der Waals surface area contributed by atoms with Gasteiger partial charge in [0.05, 0.1) is 23.0 Å². The zero-order valence-corrected chi connectivity index (χ0v) is 15.6. The molecule has 11 heteroatoms. The number of rotatable bonds is 5. The second-order valence-corrected chi connectivity index (χ2v) is 7.44. The molecular weight excluding hydrogens is 394 g/mol. The third-order valence-corrected chi connectivity index (χ3v) is 5.41. The fourth-order valence-corrected chi connectivity index (χ4v) is 4.02. The molecule has 0 bridgehead atoms. The van der Waals surface area contributed by atoms with Crippen molar-refractivity contribution >= 4 is 57.6 Å². The van der Waals surface area contributed by atoms with Crippen LogP contribution in [0.5, 0.6) is 0 Å². The predicted molar refractivity (Wildman–Crippen MR) is 104 cm³/mol. The van der Waals surface area contributed by atoms with E-state index < -0.39 is 23.3 Å². The van der Waals surface area contributed by atoms with Gasteiger partial charge in [-0.15, -0.1) is 0 Å². The normalized spacial score (nSPS) is 19.0. The van der Waals surface area contributed by atoms with E-state index in [-0.39, 0.29) is 14.9 Å². The van der Waals surface area contributed by atoms with E-state index in [1.807, 2.05) is 4.90 Å². The summed E-state index contributed by atoms with van der Waals surface area (Å²) in [7, 11) is 0. The predicted octanol–water partition coefficient (Wildman–Crippen LogP) is 1.72. The summed E-state index contributed by atoms with van der Waals surface area (Å²) in [5.41, 5.74) is 1.15. The minimum Gasteiger partial charge on any atom is -0.480 e. The first-order valence-electron chi connectivity index (χ1n) is 7.95. The minimum absolute atomic E-state index is 0.0979. The van der Waals surface area contributed by atoms with Crippen molar-refractivity contribution in [3.63, 3.8) is 0 Å². The Bertz CT molecular complexity index is 851. The average molecular weight is 409 g/mol. The number of benzene rings is 1. The van der Waals surface area contributed by atoms with E-state index >= 15 is 0 Å². The molecule has 0 atom stereocenters. The monoisotopic (exact) mass is 409 g/mol. The summed E-state index contributed by atoms with van der Waals surface area (Å²) in [4.78, 5) is 37.3. The molecule has 3 rings (SSSR count). The fraction of sp³-hybridized carbons (Fsp3) is 0.312. The maximum atomic E-state index is 12.5. The average Bonchev–Trinajstić information content (AvgIpc) is 2.89. The molecular formula is C16H15N3O6S2. The molecule has 2 fully saturated rings. The van der Waals surface area contributed by atoms with Gasteiger partial charge in [0.25, 0.3) is 11.6 Å². The van der Waals surface area contributed by atoms with E-state index in [0.29, 0.717) is 31.9 Å². The number of carbonyl (C=O) groups is 2. The van der Waals surface area contributed by atoms with Gasteiger partial charge in [0.2, 0.25) is 0 Å². The number of anilines is 1. The number of morpholine rings is 1. The Hall–Kier alpha value is -2.50. The molecule has 0 radical (unpaired) electrons. The quantitative estimate of drug-likeness (QED) is 0.336. The van der Waals surface area contributed by atoms with Crippen molar-refractivity contribution in [2.45, 2.75) is 0 Å². The topological polar surface area (TPSA) is 113 Å². The first-order valence-corrected chi connectivity index (χ1v) is 9.17. The summed E-state index contributed by atoms with van der Waals surface area (Å²) in [5, 5.41) is 20.1. The number of thiocarbonyl (C=S) groups is 1. The van der Waals surface area contributed by atoms with E-state index in [4.69, 9.17) is 22.1 Å². The highest BCUT2D eigenvalue weighted by molar-refractivity contribution is 8.26. The van der Waals surface area contributed by atoms with Crippen molar-refractivity contribution in [3.05, 3.63) is 38.8 Å². The van der Waals surface area contributed by atoms with Gasteiger partial charge in [-0.25, -0.2) is 0 Å². The van der Waals surface area contributed by atoms with Gasteiger partial charge in [-0.2, -0.15) is 0 Å². The fourth-order valence-electron chi connectivity index (χ4n) is 2.78. The third-order valence-electron chi connectivity index (χ3n) is 4.03. The molecule has 2 saturated heterocycles. The number of nitrogens with zero attached hydrogens (tertiary/aromatic N) is 3. The number of carbonyl (C=O) groups excluding carboxylic acids is 1. The molecule has 0 aliphatic carbocycles. The van der Waals surface area contributed by atoms with Gasteiger partial charge >= 0.3 is 5.97 Å². The Kier molecular flexibility index (Phi) is 5.73. The molecule has 0 unspecified atom stereocenters. The molecule has 0 saturated carbocycles. The van der Waals surface area contributed by atoms with Crippen molar-refractivity contribution in [1.29, 1.82) is 0 Å².